The predicted octanol–water partition coefficient (Wildman–Crippen LogP) is 2.31. The Hall–Kier alpha value is -0.830. The average molecular weight is 212 g/mol. The Kier molecular flexibility index (Phi) is 3.91. The van der Waals surface area contributed by atoms with E-state index in [9.17, 15) is 4.79 Å². The van der Waals surface area contributed by atoms with Crippen LogP contribution >= 0.6 is 0 Å². The van der Waals surface area contributed by atoms with E-state index in [1.54, 1.807) is 0 Å². The summed E-state index contributed by atoms with van der Waals surface area (Å²) in [6.07, 6.45) is 3.16. The molecular formula is C12H20O3. The van der Waals surface area contributed by atoms with E-state index in [1.165, 1.54) is 12.5 Å². The van der Waals surface area contributed by atoms with Crippen molar-refractivity contribution < 1.29 is 14.3 Å². The summed E-state index contributed by atoms with van der Waals surface area (Å²) < 4.78 is 10.7. The molecule has 0 aromatic rings. The van der Waals surface area contributed by atoms with Crippen molar-refractivity contribution in [2.75, 3.05) is 13.2 Å². The molecule has 0 radical (unpaired) electrons. The molecule has 0 spiro atoms. The van der Waals surface area contributed by atoms with Crippen molar-refractivity contribution in [2.24, 2.45) is 5.41 Å². The van der Waals surface area contributed by atoms with E-state index in [0.717, 1.165) is 6.42 Å². The molecule has 0 aromatic heterocycles. The summed E-state index contributed by atoms with van der Waals surface area (Å²) in [5.74, 6) is -0.230. The Morgan fingerprint density at radius 1 is 1.67 bits per heavy atom. The normalized spacial score (nSPS) is 22.1. The van der Waals surface area contributed by atoms with Crippen LogP contribution in [0.4, 0.5) is 0 Å². The summed E-state index contributed by atoms with van der Waals surface area (Å²) in [6, 6.07) is 0. The molecule has 0 amide bonds. The first-order valence-electron chi connectivity index (χ1n) is 5.32. The molecule has 1 rings (SSSR count). The van der Waals surface area contributed by atoms with Gasteiger partial charge in [0.25, 0.3) is 0 Å². The van der Waals surface area contributed by atoms with Crippen LogP contribution in [-0.4, -0.2) is 25.3 Å². The Balaban J connectivity index is 2.53. The number of hydrogen-bond acceptors (Lipinski definition) is 3. The number of hydrogen-bond donors (Lipinski definition) is 0. The third kappa shape index (κ3) is 3.67. The maximum Gasteiger partial charge on any atom is 0.302 e. The molecule has 0 saturated heterocycles. The van der Waals surface area contributed by atoms with Gasteiger partial charge in [0.2, 0.25) is 0 Å². The Bertz CT molecular complexity index is 266. The fraction of sp³-hybridized carbons (Fsp3) is 0.750. The number of carbonyl (C=O) groups is 1. The van der Waals surface area contributed by atoms with E-state index >= 15 is 0 Å². The molecule has 0 N–H and O–H groups in total. The average Bonchev–Trinajstić information content (AvgIpc) is 2.15. The van der Waals surface area contributed by atoms with Crippen molar-refractivity contribution in [3.63, 3.8) is 0 Å². The highest BCUT2D eigenvalue weighted by atomic mass is 16.5. The van der Waals surface area contributed by atoms with Gasteiger partial charge in [-0.05, 0) is 13.3 Å². The minimum Gasteiger partial charge on any atom is -0.465 e. The monoisotopic (exact) mass is 212 g/mol. The summed E-state index contributed by atoms with van der Waals surface area (Å²) >= 11 is 0. The number of carbonyl (C=O) groups excluding carboxylic acids is 1. The lowest BCUT2D eigenvalue weighted by Gasteiger charge is -2.35. The van der Waals surface area contributed by atoms with Crippen LogP contribution in [0.15, 0.2) is 11.6 Å². The van der Waals surface area contributed by atoms with Crippen molar-refractivity contribution in [3.8, 4) is 0 Å². The molecule has 0 bridgehead atoms. The quantitative estimate of drug-likeness (QED) is 0.532. The number of rotatable bonds is 3. The topological polar surface area (TPSA) is 35.5 Å². The molecule has 1 aliphatic rings. The van der Waals surface area contributed by atoms with E-state index in [0.29, 0.717) is 13.2 Å². The highest BCUT2D eigenvalue weighted by Crippen LogP contribution is 2.30. The molecule has 15 heavy (non-hydrogen) atoms. The molecular weight excluding hydrogens is 192 g/mol. The van der Waals surface area contributed by atoms with Gasteiger partial charge < -0.3 is 9.47 Å². The standard InChI is InChI=1S/C12H20O3/c1-9-5-6-14-11(7-9)12(3,4)8-15-10(2)13/h5,11H,6-8H2,1-4H3. The molecule has 1 atom stereocenters. The summed E-state index contributed by atoms with van der Waals surface area (Å²) in [4.78, 5) is 10.8. The van der Waals surface area contributed by atoms with Crippen molar-refractivity contribution in [1.82, 2.24) is 0 Å². The second-order valence-corrected chi connectivity index (χ2v) is 4.85. The van der Waals surface area contributed by atoms with Gasteiger partial charge in [-0.25, -0.2) is 0 Å². The lowest BCUT2D eigenvalue weighted by Crippen LogP contribution is -2.38. The largest absolute Gasteiger partial charge is 0.465 e. The molecule has 0 saturated carbocycles. The predicted molar refractivity (Wildman–Crippen MR) is 58.5 cm³/mol. The summed E-state index contributed by atoms with van der Waals surface area (Å²) in [6.45, 7) is 8.76. The molecule has 0 aromatic carbocycles. The van der Waals surface area contributed by atoms with Crippen LogP contribution in [0.2, 0.25) is 0 Å². The van der Waals surface area contributed by atoms with Gasteiger partial charge >= 0.3 is 5.97 Å². The zero-order valence-electron chi connectivity index (χ0n) is 10.0. The molecule has 1 unspecified atom stereocenters. The van der Waals surface area contributed by atoms with Gasteiger partial charge in [0.15, 0.2) is 0 Å². The Morgan fingerprint density at radius 2 is 2.33 bits per heavy atom. The van der Waals surface area contributed by atoms with Crippen LogP contribution in [0.25, 0.3) is 0 Å². The SMILES string of the molecule is CC(=O)OCC(C)(C)C1CC(C)=CCO1. The van der Waals surface area contributed by atoms with Gasteiger partial charge in [-0.3, -0.25) is 4.79 Å². The summed E-state index contributed by atoms with van der Waals surface area (Å²) in [5.41, 5.74) is 1.23. The highest BCUT2D eigenvalue weighted by Gasteiger charge is 2.32. The third-order valence-corrected chi connectivity index (χ3v) is 2.76. The van der Waals surface area contributed by atoms with E-state index < -0.39 is 0 Å². The molecule has 1 aliphatic heterocycles. The maximum atomic E-state index is 10.8. The van der Waals surface area contributed by atoms with Crippen molar-refractivity contribution in [2.45, 2.75) is 40.2 Å². The van der Waals surface area contributed by atoms with E-state index in [1.807, 2.05) is 0 Å². The van der Waals surface area contributed by atoms with Gasteiger partial charge in [-0.15, -0.1) is 0 Å². The first kappa shape index (κ1) is 12.2. The smallest absolute Gasteiger partial charge is 0.302 e. The molecule has 0 fully saturated rings. The molecule has 3 nitrogen and oxygen atoms in total. The second-order valence-electron chi connectivity index (χ2n) is 4.85. The fourth-order valence-electron chi connectivity index (χ4n) is 1.62. The lowest BCUT2D eigenvalue weighted by atomic mass is 9.83. The van der Waals surface area contributed by atoms with Gasteiger partial charge in [-0.2, -0.15) is 0 Å². The zero-order valence-corrected chi connectivity index (χ0v) is 10.0. The minimum absolute atomic E-state index is 0.124. The highest BCUT2D eigenvalue weighted by molar-refractivity contribution is 5.65. The van der Waals surface area contributed by atoms with Crippen molar-refractivity contribution in [3.05, 3.63) is 11.6 Å². The second kappa shape index (κ2) is 4.79. The summed E-state index contributed by atoms with van der Waals surface area (Å²) in [7, 11) is 0. The fourth-order valence-corrected chi connectivity index (χ4v) is 1.62. The Labute approximate surface area is 91.4 Å². The van der Waals surface area contributed by atoms with Crippen molar-refractivity contribution >= 4 is 5.97 Å². The van der Waals surface area contributed by atoms with Crippen LogP contribution in [0.5, 0.6) is 0 Å². The Morgan fingerprint density at radius 3 is 2.87 bits per heavy atom. The summed E-state index contributed by atoms with van der Waals surface area (Å²) in [5, 5.41) is 0. The first-order valence-corrected chi connectivity index (χ1v) is 5.32. The van der Waals surface area contributed by atoms with Crippen LogP contribution < -0.4 is 0 Å². The van der Waals surface area contributed by atoms with E-state index in [-0.39, 0.29) is 17.5 Å². The third-order valence-electron chi connectivity index (χ3n) is 2.76. The molecule has 3 heteroatoms. The van der Waals surface area contributed by atoms with Gasteiger partial charge in [-0.1, -0.05) is 25.5 Å². The van der Waals surface area contributed by atoms with Gasteiger partial charge in [0.1, 0.15) is 0 Å². The van der Waals surface area contributed by atoms with Gasteiger partial charge in [0.05, 0.1) is 19.3 Å². The first-order chi connectivity index (χ1) is 6.92. The van der Waals surface area contributed by atoms with Crippen LogP contribution in [0, 0.1) is 5.41 Å². The molecule has 0 aliphatic carbocycles. The van der Waals surface area contributed by atoms with Crippen LogP contribution in [-0.2, 0) is 14.3 Å². The number of ether oxygens (including phenoxy) is 2. The molecule has 86 valence electrons. The molecule has 1 heterocycles. The minimum atomic E-state index is -0.230. The van der Waals surface area contributed by atoms with E-state index in [2.05, 4.69) is 26.8 Å². The van der Waals surface area contributed by atoms with Crippen LogP contribution in [0.3, 0.4) is 0 Å². The zero-order chi connectivity index (χ0) is 11.5. The van der Waals surface area contributed by atoms with Crippen molar-refractivity contribution in [1.29, 1.82) is 0 Å². The maximum absolute atomic E-state index is 10.8. The van der Waals surface area contributed by atoms with Crippen LogP contribution in [0.1, 0.15) is 34.1 Å². The van der Waals surface area contributed by atoms with Gasteiger partial charge in [0, 0.05) is 12.3 Å². The van der Waals surface area contributed by atoms with E-state index in [4.69, 9.17) is 9.47 Å². The lowest BCUT2D eigenvalue weighted by molar-refractivity contribution is -0.147. The number of esters is 1.